The molecule has 0 saturated carbocycles. The molecule has 0 amide bonds. The van der Waals surface area contributed by atoms with Crippen molar-refractivity contribution in [3.8, 4) is 0 Å². The molecular formula is C10H14OSi2. The fourth-order valence-corrected chi connectivity index (χ4v) is 3.13. The van der Waals surface area contributed by atoms with E-state index in [2.05, 4.69) is 43.5 Å². The average molecular weight is 206 g/mol. The fourth-order valence-electron chi connectivity index (χ4n) is 1.46. The molecule has 0 aliphatic heterocycles. The van der Waals surface area contributed by atoms with E-state index in [1.807, 2.05) is 0 Å². The van der Waals surface area contributed by atoms with Crippen molar-refractivity contribution in [2.75, 3.05) is 0 Å². The molecule has 3 heteroatoms. The molecule has 0 atom stereocenters. The quantitative estimate of drug-likeness (QED) is 0.673. The van der Waals surface area contributed by atoms with Gasteiger partial charge < -0.3 is 4.80 Å². The maximum atomic E-state index is 9.56. The number of aryl methyl sites for hydroxylation is 1. The second-order valence-corrected chi connectivity index (χ2v) is 6.12. The van der Waals surface area contributed by atoms with Crippen LogP contribution in [0.15, 0.2) is 6.07 Å². The summed E-state index contributed by atoms with van der Waals surface area (Å²) in [4.78, 5) is 9.56. The highest BCUT2D eigenvalue weighted by atomic mass is 29.2. The normalized spacial score (nSPS) is 11.0. The number of rotatable bonds is 1. The second-order valence-electron chi connectivity index (χ2n) is 3.46. The minimum absolute atomic E-state index is 1.07. The summed E-state index contributed by atoms with van der Waals surface area (Å²) in [6.07, 6.45) is 0. The third-order valence-corrected chi connectivity index (χ3v) is 4.57. The lowest BCUT2D eigenvalue weighted by molar-refractivity contribution is 0.607. The maximum Gasteiger partial charge on any atom is 0.216 e. The van der Waals surface area contributed by atoms with Gasteiger partial charge in [0.1, 0.15) is 0 Å². The second kappa shape index (κ2) is 3.78. The van der Waals surface area contributed by atoms with Crippen LogP contribution in [0.3, 0.4) is 0 Å². The van der Waals surface area contributed by atoms with Crippen LogP contribution in [-0.4, -0.2) is 23.1 Å². The fraction of sp³-hybridized carbons (Fsp3) is 0.400. The van der Waals surface area contributed by atoms with Crippen LogP contribution in [0, 0.1) is 27.7 Å². The third kappa shape index (κ3) is 1.92. The average Bonchev–Trinajstić information content (AvgIpc) is 2.07. The minimum atomic E-state index is -1.50. The Labute approximate surface area is 84.7 Å². The summed E-state index contributed by atoms with van der Waals surface area (Å²) >= 11 is 0. The first-order valence-electron chi connectivity index (χ1n) is 4.30. The van der Waals surface area contributed by atoms with E-state index in [0.29, 0.717) is 0 Å². The van der Waals surface area contributed by atoms with Crippen molar-refractivity contribution in [3.05, 3.63) is 28.3 Å². The molecule has 4 radical (unpaired) electrons. The van der Waals surface area contributed by atoms with Gasteiger partial charge in [-0.05, 0) is 55.1 Å². The Balaban J connectivity index is 3.41. The first-order valence-corrected chi connectivity index (χ1v) is 7.25. The van der Waals surface area contributed by atoms with Crippen LogP contribution >= 0.6 is 0 Å². The van der Waals surface area contributed by atoms with Gasteiger partial charge in [0, 0.05) is 0 Å². The van der Waals surface area contributed by atoms with Gasteiger partial charge in [0.25, 0.3) is 0 Å². The van der Waals surface area contributed by atoms with E-state index in [0.717, 1.165) is 5.19 Å². The van der Waals surface area contributed by atoms with Crippen molar-refractivity contribution in [2.45, 2.75) is 27.7 Å². The van der Waals surface area contributed by atoms with Crippen LogP contribution in [0.1, 0.15) is 22.3 Å². The van der Waals surface area contributed by atoms with Crippen molar-refractivity contribution in [1.29, 1.82) is 0 Å². The van der Waals surface area contributed by atoms with E-state index in [9.17, 15) is 4.80 Å². The first-order chi connectivity index (χ1) is 5.95. The van der Waals surface area contributed by atoms with E-state index >= 15 is 0 Å². The smallest absolute Gasteiger partial charge is 0.216 e. The van der Waals surface area contributed by atoms with Crippen LogP contribution in [0.2, 0.25) is 0 Å². The lowest BCUT2D eigenvalue weighted by Crippen LogP contribution is -2.34. The Bertz CT molecular complexity index is 332. The molecular weight excluding hydrogens is 192 g/mol. The SMILES string of the molecule is Cc1cc([Si](O)[Si])c(C)c(C)c1C. The predicted octanol–water partition coefficient (Wildman–Crippen LogP) is 0.776. The van der Waals surface area contributed by atoms with Gasteiger partial charge in [-0.2, -0.15) is 0 Å². The van der Waals surface area contributed by atoms with E-state index in [1.165, 1.54) is 22.3 Å². The molecule has 0 heterocycles. The highest BCUT2D eigenvalue weighted by Gasteiger charge is 2.12. The minimum Gasteiger partial charge on any atom is -0.430 e. The Morgan fingerprint density at radius 2 is 1.62 bits per heavy atom. The molecule has 0 aliphatic rings. The van der Waals surface area contributed by atoms with E-state index in [-0.39, 0.29) is 0 Å². The van der Waals surface area contributed by atoms with Gasteiger partial charge in [-0.3, -0.25) is 0 Å². The Morgan fingerprint density at radius 3 is 2.08 bits per heavy atom. The summed E-state index contributed by atoms with van der Waals surface area (Å²) in [6, 6.07) is 2.08. The molecule has 1 aromatic rings. The largest absolute Gasteiger partial charge is 0.430 e. The zero-order valence-corrected chi connectivity index (χ0v) is 10.5. The molecule has 1 nitrogen and oxygen atoms in total. The van der Waals surface area contributed by atoms with Gasteiger partial charge in [-0.1, -0.05) is 6.07 Å². The number of hydrogen-bond acceptors (Lipinski definition) is 1. The summed E-state index contributed by atoms with van der Waals surface area (Å²) in [5.74, 6) is 0. The molecule has 1 N–H and O–H groups in total. The standard InChI is InChI=1S/C10H14OSi2/c1-6-5-10(13(11)12)9(4)8(3)7(6)2/h5,11H,1-4H3. The molecule has 0 fully saturated rings. The highest BCUT2D eigenvalue weighted by Crippen LogP contribution is 2.14. The predicted molar refractivity (Wildman–Crippen MR) is 58.8 cm³/mol. The lowest BCUT2D eigenvalue weighted by atomic mass is 10.00. The Kier molecular flexibility index (Phi) is 3.11. The van der Waals surface area contributed by atoms with Gasteiger partial charge in [0.2, 0.25) is 8.56 Å². The topological polar surface area (TPSA) is 20.2 Å². The zero-order chi connectivity index (χ0) is 10.2. The molecule has 0 aliphatic carbocycles. The molecule has 1 aromatic carbocycles. The molecule has 0 aromatic heterocycles. The lowest BCUT2D eigenvalue weighted by Gasteiger charge is -2.14. The van der Waals surface area contributed by atoms with Crippen molar-refractivity contribution < 1.29 is 4.80 Å². The van der Waals surface area contributed by atoms with Crippen molar-refractivity contribution >= 4 is 23.5 Å². The van der Waals surface area contributed by atoms with Crippen molar-refractivity contribution in [1.82, 2.24) is 0 Å². The van der Waals surface area contributed by atoms with E-state index in [4.69, 9.17) is 0 Å². The summed E-state index contributed by atoms with van der Waals surface area (Å²) in [5.41, 5.74) is 5.10. The van der Waals surface area contributed by atoms with Crippen LogP contribution in [0.4, 0.5) is 0 Å². The van der Waals surface area contributed by atoms with Crippen LogP contribution < -0.4 is 5.19 Å². The molecule has 0 unspecified atom stereocenters. The summed E-state index contributed by atoms with van der Waals surface area (Å²) < 4.78 is 0. The number of hydrogen-bond donors (Lipinski definition) is 1. The maximum absolute atomic E-state index is 9.56. The molecule has 0 bridgehead atoms. The van der Waals surface area contributed by atoms with Crippen LogP contribution in [-0.2, 0) is 0 Å². The summed E-state index contributed by atoms with van der Waals surface area (Å²) in [5, 5.41) is 1.07. The zero-order valence-electron chi connectivity index (χ0n) is 8.52. The first kappa shape index (κ1) is 10.7. The number of benzene rings is 1. The van der Waals surface area contributed by atoms with E-state index in [1.54, 1.807) is 0 Å². The van der Waals surface area contributed by atoms with Gasteiger partial charge in [-0.25, -0.2) is 0 Å². The summed E-state index contributed by atoms with van der Waals surface area (Å²) in [6.45, 7) is 8.39. The highest BCUT2D eigenvalue weighted by molar-refractivity contribution is 7.06. The molecule has 1 rings (SSSR count). The van der Waals surface area contributed by atoms with Gasteiger partial charge in [0.05, 0.1) is 9.76 Å². The molecule has 0 saturated heterocycles. The molecule has 68 valence electrons. The Hall–Kier alpha value is -0.386. The summed E-state index contributed by atoms with van der Waals surface area (Å²) in [7, 11) is 1.84. The van der Waals surface area contributed by atoms with Crippen molar-refractivity contribution in [3.63, 3.8) is 0 Å². The van der Waals surface area contributed by atoms with Gasteiger partial charge in [0.15, 0.2) is 0 Å². The van der Waals surface area contributed by atoms with Crippen LogP contribution in [0.5, 0.6) is 0 Å². The molecule has 13 heavy (non-hydrogen) atoms. The van der Waals surface area contributed by atoms with Crippen LogP contribution in [0.25, 0.3) is 0 Å². The Morgan fingerprint density at radius 1 is 1.08 bits per heavy atom. The van der Waals surface area contributed by atoms with E-state index < -0.39 is 8.56 Å². The molecule has 0 spiro atoms. The third-order valence-electron chi connectivity index (χ3n) is 2.74. The monoisotopic (exact) mass is 206 g/mol. The van der Waals surface area contributed by atoms with Gasteiger partial charge >= 0.3 is 0 Å². The van der Waals surface area contributed by atoms with Gasteiger partial charge in [-0.15, -0.1) is 0 Å². The van der Waals surface area contributed by atoms with Crippen molar-refractivity contribution in [2.24, 2.45) is 0 Å².